The van der Waals surface area contributed by atoms with E-state index in [9.17, 15) is 5.11 Å². The van der Waals surface area contributed by atoms with Crippen molar-refractivity contribution in [3.8, 4) is 0 Å². The zero-order chi connectivity index (χ0) is 11.7. The third kappa shape index (κ3) is 1.01. The van der Waals surface area contributed by atoms with Crippen LogP contribution in [0.2, 0.25) is 0 Å². The van der Waals surface area contributed by atoms with Crippen LogP contribution >= 0.6 is 0 Å². The van der Waals surface area contributed by atoms with Gasteiger partial charge in [-0.1, -0.05) is 27.4 Å². The highest BCUT2D eigenvalue weighted by Crippen LogP contribution is 2.72. The third-order valence-electron chi connectivity index (χ3n) is 6.39. The van der Waals surface area contributed by atoms with Crippen LogP contribution in [0.3, 0.4) is 0 Å². The summed E-state index contributed by atoms with van der Waals surface area (Å²) in [5, 5.41) is 10.3. The highest BCUT2D eigenvalue weighted by atomic mass is 16.3. The molecule has 0 aromatic rings. The highest BCUT2D eigenvalue weighted by Gasteiger charge is 2.65. The predicted molar refractivity (Wildman–Crippen MR) is 66.0 cm³/mol. The van der Waals surface area contributed by atoms with Gasteiger partial charge in [-0.25, -0.2) is 0 Å². The summed E-state index contributed by atoms with van der Waals surface area (Å²) in [6, 6.07) is 0. The number of hydrogen-bond acceptors (Lipinski definition) is 1. The minimum atomic E-state index is -0.233. The lowest BCUT2D eigenvalue weighted by molar-refractivity contribution is 0.0530. The second-order valence-corrected chi connectivity index (χ2v) is 7.14. The van der Waals surface area contributed by atoms with Crippen LogP contribution in [0.5, 0.6) is 0 Å². The van der Waals surface area contributed by atoms with Crippen molar-refractivity contribution in [3.63, 3.8) is 0 Å². The summed E-state index contributed by atoms with van der Waals surface area (Å²) in [4.78, 5) is 0. The molecule has 1 heteroatoms. The smallest absolute Gasteiger partial charge is 0.0755 e. The maximum atomic E-state index is 10.3. The Kier molecular flexibility index (Phi) is 1.98. The van der Waals surface area contributed by atoms with E-state index in [-0.39, 0.29) is 6.10 Å². The van der Waals surface area contributed by atoms with Crippen molar-refractivity contribution in [1.82, 2.24) is 0 Å². The van der Waals surface area contributed by atoms with Crippen molar-refractivity contribution in [3.05, 3.63) is 12.2 Å². The molecule has 0 aromatic carbocycles. The molecule has 0 amide bonds. The molecule has 0 heterocycles. The zero-order valence-electron chi connectivity index (χ0n) is 10.8. The van der Waals surface area contributed by atoms with Crippen molar-refractivity contribution < 1.29 is 5.11 Å². The first kappa shape index (κ1) is 10.8. The van der Waals surface area contributed by atoms with E-state index in [4.69, 9.17) is 0 Å². The molecule has 0 unspecified atom stereocenters. The maximum absolute atomic E-state index is 10.3. The molecule has 1 spiro atoms. The van der Waals surface area contributed by atoms with Gasteiger partial charge in [-0.3, -0.25) is 0 Å². The second kappa shape index (κ2) is 2.93. The molecular formula is C15H24O. The summed E-state index contributed by atoms with van der Waals surface area (Å²) >= 11 is 0. The van der Waals surface area contributed by atoms with Crippen LogP contribution in [-0.2, 0) is 0 Å². The Morgan fingerprint density at radius 1 is 1.25 bits per heavy atom. The molecule has 0 aromatic heterocycles. The summed E-state index contributed by atoms with van der Waals surface area (Å²) < 4.78 is 0. The molecular weight excluding hydrogens is 196 g/mol. The van der Waals surface area contributed by atoms with Crippen molar-refractivity contribution in [2.45, 2.75) is 52.6 Å². The van der Waals surface area contributed by atoms with E-state index in [0.717, 1.165) is 23.8 Å². The van der Waals surface area contributed by atoms with Gasteiger partial charge in [-0.2, -0.15) is 0 Å². The second-order valence-electron chi connectivity index (χ2n) is 7.14. The van der Waals surface area contributed by atoms with E-state index >= 15 is 0 Å². The molecule has 1 N–H and O–H groups in total. The van der Waals surface area contributed by atoms with Crippen LogP contribution in [0.4, 0.5) is 0 Å². The van der Waals surface area contributed by atoms with Crippen LogP contribution in [0.25, 0.3) is 0 Å². The van der Waals surface area contributed by atoms with Crippen LogP contribution < -0.4 is 0 Å². The summed E-state index contributed by atoms with van der Waals surface area (Å²) in [5.74, 6) is 2.17. The van der Waals surface area contributed by atoms with Crippen LogP contribution in [0, 0.1) is 28.6 Å². The van der Waals surface area contributed by atoms with Crippen molar-refractivity contribution in [2.75, 3.05) is 0 Å². The first-order valence-corrected chi connectivity index (χ1v) is 6.76. The fraction of sp³-hybridized carbons (Fsp3) is 0.867. The van der Waals surface area contributed by atoms with E-state index in [1.165, 1.54) is 19.3 Å². The molecule has 90 valence electrons. The van der Waals surface area contributed by atoms with Gasteiger partial charge in [-0.05, 0) is 59.8 Å². The zero-order valence-corrected chi connectivity index (χ0v) is 10.8. The van der Waals surface area contributed by atoms with E-state index in [2.05, 4.69) is 27.4 Å². The van der Waals surface area contributed by atoms with Crippen LogP contribution in [-0.4, -0.2) is 11.2 Å². The molecule has 1 nitrogen and oxygen atoms in total. The number of aliphatic hydroxyl groups excluding tert-OH is 1. The summed E-state index contributed by atoms with van der Waals surface area (Å²) in [5.41, 5.74) is 1.92. The molecule has 3 aliphatic rings. The largest absolute Gasteiger partial charge is 0.389 e. The van der Waals surface area contributed by atoms with Crippen LogP contribution in [0.1, 0.15) is 46.5 Å². The minimum Gasteiger partial charge on any atom is -0.389 e. The fourth-order valence-electron chi connectivity index (χ4n) is 5.44. The molecule has 0 saturated heterocycles. The molecule has 16 heavy (non-hydrogen) atoms. The lowest BCUT2D eigenvalue weighted by Gasteiger charge is -2.40. The number of aliphatic hydroxyl groups is 1. The van der Waals surface area contributed by atoms with Gasteiger partial charge < -0.3 is 5.11 Å². The molecule has 0 radical (unpaired) electrons. The van der Waals surface area contributed by atoms with Gasteiger partial charge in [0.2, 0.25) is 0 Å². The predicted octanol–water partition coefficient (Wildman–Crippen LogP) is 3.39. The Morgan fingerprint density at radius 2 is 1.94 bits per heavy atom. The van der Waals surface area contributed by atoms with Crippen molar-refractivity contribution >= 4 is 0 Å². The Morgan fingerprint density at radius 3 is 2.62 bits per heavy atom. The number of hydrogen-bond donors (Lipinski definition) is 1. The molecule has 3 fully saturated rings. The molecule has 3 rings (SSSR count). The third-order valence-corrected chi connectivity index (χ3v) is 6.39. The van der Waals surface area contributed by atoms with Crippen LogP contribution in [0.15, 0.2) is 12.2 Å². The normalized spacial score (nSPS) is 54.1. The Balaban J connectivity index is 2.10. The lowest BCUT2D eigenvalue weighted by Crippen LogP contribution is -2.36. The minimum absolute atomic E-state index is 0.233. The summed E-state index contributed by atoms with van der Waals surface area (Å²) in [6.07, 6.45) is 4.77. The fourth-order valence-corrected chi connectivity index (χ4v) is 5.44. The average Bonchev–Trinajstić information content (AvgIpc) is 2.59. The molecule has 5 atom stereocenters. The molecule has 3 aliphatic carbocycles. The molecule has 2 bridgehead atoms. The van der Waals surface area contributed by atoms with E-state index in [1.54, 1.807) is 0 Å². The number of fused-ring (bicyclic) bond motifs is 1. The van der Waals surface area contributed by atoms with Gasteiger partial charge in [0.1, 0.15) is 0 Å². The van der Waals surface area contributed by atoms with E-state index in [0.29, 0.717) is 16.7 Å². The first-order valence-electron chi connectivity index (χ1n) is 6.76. The molecule has 3 saturated carbocycles. The Hall–Kier alpha value is -0.300. The van der Waals surface area contributed by atoms with Gasteiger partial charge in [0.25, 0.3) is 0 Å². The SMILES string of the molecule is C=C1[C@H]2C[C@@]3(C[C@@H]1O)[C@H](C)CC[C@H]3C2(C)C. The lowest BCUT2D eigenvalue weighted by atomic mass is 9.66. The summed E-state index contributed by atoms with van der Waals surface area (Å²) in [7, 11) is 0. The van der Waals surface area contributed by atoms with Crippen molar-refractivity contribution in [2.24, 2.45) is 28.6 Å². The van der Waals surface area contributed by atoms with E-state index < -0.39 is 0 Å². The number of rotatable bonds is 0. The van der Waals surface area contributed by atoms with E-state index in [1.807, 2.05) is 0 Å². The quantitative estimate of drug-likeness (QED) is 0.620. The van der Waals surface area contributed by atoms with Gasteiger partial charge in [0.05, 0.1) is 6.10 Å². The van der Waals surface area contributed by atoms with Gasteiger partial charge in [0, 0.05) is 0 Å². The van der Waals surface area contributed by atoms with Gasteiger partial charge in [-0.15, -0.1) is 0 Å². The topological polar surface area (TPSA) is 20.2 Å². The Bertz CT molecular complexity index is 343. The van der Waals surface area contributed by atoms with Gasteiger partial charge in [0.15, 0.2) is 0 Å². The molecule has 0 aliphatic heterocycles. The maximum Gasteiger partial charge on any atom is 0.0755 e. The Labute approximate surface area is 98.9 Å². The van der Waals surface area contributed by atoms with Gasteiger partial charge >= 0.3 is 0 Å². The highest BCUT2D eigenvalue weighted by molar-refractivity contribution is 5.26. The standard InChI is InChI=1S/C15H24O/c1-9-5-6-13-14(3,4)11-7-15(9,13)8-12(16)10(11)2/h9,11-13,16H,2,5-8H2,1,3-4H3/t9-,11-,12+,13+,15-/m1/s1. The average molecular weight is 220 g/mol. The summed E-state index contributed by atoms with van der Waals surface area (Å²) in [6.45, 7) is 11.4. The van der Waals surface area contributed by atoms with Crippen molar-refractivity contribution in [1.29, 1.82) is 0 Å². The first-order chi connectivity index (χ1) is 7.39. The monoisotopic (exact) mass is 220 g/mol.